The van der Waals surface area contributed by atoms with Crippen LogP contribution in [-0.2, 0) is 13.1 Å². The number of nitrogens with zero attached hydrogens (tertiary/aromatic N) is 1. The first-order valence-corrected chi connectivity index (χ1v) is 7.37. The zero-order valence-corrected chi connectivity index (χ0v) is 11.3. The van der Waals surface area contributed by atoms with Gasteiger partial charge in [0.1, 0.15) is 5.76 Å². The molecule has 0 radical (unpaired) electrons. The van der Waals surface area contributed by atoms with Crippen molar-refractivity contribution < 1.29 is 4.42 Å². The third-order valence-electron chi connectivity index (χ3n) is 4.45. The highest BCUT2D eigenvalue weighted by atomic mass is 16.3. The van der Waals surface area contributed by atoms with Gasteiger partial charge in [-0.25, -0.2) is 0 Å². The van der Waals surface area contributed by atoms with Crippen LogP contribution in [0, 0.1) is 5.92 Å². The highest BCUT2D eigenvalue weighted by Crippen LogP contribution is 2.38. The first kappa shape index (κ1) is 12.2. The molecule has 100 valence electrons. The lowest BCUT2D eigenvalue weighted by molar-refractivity contribution is 0.204. The van der Waals surface area contributed by atoms with Gasteiger partial charge in [0, 0.05) is 24.7 Å². The van der Waals surface area contributed by atoms with E-state index in [9.17, 15) is 0 Å². The SMILES string of the molecule is CCCNCc1occc1CN1CC2CCC1C2. The van der Waals surface area contributed by atoms with Crippen LogP contribution in [0.5, 0.6) is 0 Å². The molecule has 1 aromatic rings. The summed E-state index contributed by atoms with van der Waals surface area (Å²) < 4.78 is 5.61. The Labute approximate surface area is 110 Å². The fourth-order valence-corrected chi connectivity index (χ4v) is 3.48. The summed E-state index contributed by atoms with van der Waals surface area (Å²) in [6, 6.07) is 3.00. The summed E-state index contributed by atoms with van der Waals surface area (Å²) in [5.41, 5.74) is 1.38. The Morgan fingerprint density at radius 3 is 3.11 bits per heavy atom. The molecule has 2 bridgehead atoms. The van der Waals surface area contributed by atoms with Gasteiger partial charge in [-0.2, -0.15) is 0 Å². The number of nitrogens with one attached hydrogen (secondary N) is 1. The zero-order chi connectivity index (χ0) is 12.4. The van der Waals surface area contributed by atoms with E-state index >= 15 is 0 Å². The normalized spacial score (nSPS) is 27.2. The Kier molecular flexibility index (Phi) is 3.71. The summed E-state index contributed by atoms with van der Waals surface area (Å²) in [6.45, 7) is 6.52. The van der Waals surface area contributed by atoms with E-state index in [1.54, 1.807) is 0 Å². The maximum absolute atomic E-state index is 5.61. The maximum Gasteiger partial charge on any atom is 0.122 e. The second-order valence-electron chi connectivity index (χ2n) is 5.81. The summed E-state index contributed by atoms with van der Waals surface area (Å²) >= 11 is 0. The van der Waals surface area contributed by atoms with Crippen molar-refractivity contribution in [2.45, 2.75) is 51.7 Å². The predicted octanol–water partition coefficient (Wildman–Crippen LogP) is 2.76. The Morgan fingerprint density at radius 2 is 2.39 bits per heavy atom. The molecule has 1 aromatic heterocycles. The lowest BCUT2D eigenvalue weighted by Crippen LogP contribution is -2.31. The van der Waals surface area contributed by atoms with E-state index < -0.39 is 0 Å². The van der Waals surface area contributed by atoms with Gasteiger partial charge in [0.2, 0.25) is 0 Å². The van der Waals surface area contributed by atoms with E-state index in [-0.39, 0.29) is 0 Å². The monoisotopic (exact) mass is 248 g/mol. The Bertz CT molecular complexity index is 388. The smallest absolute Gasteiger partial charge is 0.122 e. The molecule has 1 aliphatic heterocycles. The summed E-state index contributed by atoms with van der Waals surface area (Å²) in [7, 11) is 0. The third-order valence-corrected chi connectivity index (χ3v) is 4.45. The molecule has 0 spiro atoms. The Morgan fingerprint density at radius 1 is 1.44 bits per heavy atom. The molecule has 2 unspecified atom stereocenters. The molecule has 3 nitrogen and oxygen atoms in total. The summed E-state index contributed by atoms with van der Waals surface area (Å²) in [4.78, 5) is 2.66. The van der Waals surface area contributed by atoms with Crippen LogP contribution in [0.15, 0.2) is 16.7 Å². The van der Waals surface area contributed by atoms with Crippen LogP contribution < -0.4 is 5.32 Å². The quantitative estimate of drug-likeness (QED) is 0.785. The highest BCUT2D eigenvalue weighted by Gasteiger charge is 2.37. The van der Waals surface area contributed by atoms with Gasteiger partial charge in [0.15, 0.2) is 0 Å². The molecule has 3 rings (SSSR count). The molecule has 1 aliphatic carbocycles. The molecule has 1 saturated heterocycles. The van der Waals surface area contributed by atoms with Gasteiger partial charge in [-0.05, 0) is 44.2 Å². The molecule has 3 heteroatoms. The zero-order valence-electron chi connectivity index (χ0n) is 11.3. The molecule has 2 aliphatic rings. The van der Waals surface area contributed by atoms with Crippen LogP contribution in [0.25, 0.3) is 0 Å². The highest BCUT2D eigenvalue weighted by molar-refractivity contribution is 5.17. The molecule has 2 atom stereocenters. The number of hydrogen-bond donors (Lipinski definition) is 1. The topological polar surface area (TPSA) is 28.4 Å². The molecular weight excluding hydrogens is 224 g/mol. The number of hydrogen-bond acceptors (Lipinski definition) is 3. The second-order valence-corrected chi connectivity index (χ2v) is 5.81. The molecule has 1 saturated carbocycles. The van der Waals surface area contributed by atoms with E-state index in [0.717, 1.165) is 37.4 Å². The largest absolute Gasteiger partial charge is 0.468 e. The van der Waals surface area contributed by atoms with Crippen LogP contribution in [-0.4, -0.2) is 24.0 Å². The number of rotatable bonds is 6. The molecule has 2 fully saturated rings. The molecular formula is C15H24N2O. The van der Waals surface area contributed by atoms with Crippen molar-refractivity contribution in [3.05, 3.63) is 23.7 Å². The van der Waals surface area contributed by atoms with E-state index in [1.807, 2.05) is 6.26 Å². The number of piperidine rings is 1. The minimum Gasteiger partial charge on any atom is -0.468 e. The van der Waals surface area contributed by atoms with Crippen LogP contribution in [0.1, 0.15) is 43.9 Å². The summed E-state index contributed by atoms with van der Waals surface area (Å²) in [6.07, 6.45) is 7.31. The van der Waals surface area contributed by atoms with E-state index in [4.69, 9.17) is 4.42 Å². The van der Waals surface area contributed by atoms with Crippen LogP contribution in [0.3, 0.4) is 0 Å². The van der Waals surface area contributed by atoms with Crippen molar-refractivity contribution >= 4 is 0 Å². The van der Waals surface area contributed by atoms with Crippen molar-refractivity contribution in [1.82, 2.24) is 10.2 Å². The Balaban J connectivity index is 1.57. The van der Waals surface area contributed by atoms with Gasteiger partial charge in [0.05, 0.1) is 12.8 Å². The average Bonchev–Trinajstić information content (AvgIpc) is 3.07. The number of fused-ring (bicyclic) bond motifs is 2. The second kappa shape index (κ2) is 5.45. The van der Waals surface area contributed by atoms with Crippen LogP contribution >= 0.6 is 0 Å². The van der Waals surface area contributed by atoms with Gasteiger partial charge in [0.25, 0.3) is 0 Å². The fraction of sp³-hybridized carbons (Fsp3) is 0.733. The summed E-state index contributed by atoms with van der Waals surface area (Å²) in [5.74, 6) is 2.11. The van der Waals surface area contributed by atoms with Crippen LogP contribution in [0.4, 0.5) is 0 Å². The Hall–Kier alpha value is -0.800. The molecule has 1 N–H and O–H groups in total. The lowest BCUT2D eigenvalue weighted by Gasteiger charge is -2.26. The van der Waals surface area contributed by atoms with Crippen molar-refractivity contribution in [1.29, 1.82) is 0 Å². The first-order chi connectivity index (χ1) is 8.86. The van der Waals surface area contributed by atoms with E-state index in [0.29, 0.717) is 0 Å². The fourth-order valence-electron chi connectivity index (χ4n) is 3.48. The predicted molar refractivity (Wildman–Crippen MR) is 72.2 cm³/mol. The van der Waals surface area contributed by atoms with Gasteiger partial charge < -0.3 is 9.73 Å². The minimum absolute atomic E-state index is 0.848. The van der Waals surface area contributed by atoms with Crippen molar-refractivity contribution in [2.24, 2.45) is 5.92 Å². The minimum atomic E-state index is 0.848. The van der Waals surface area contributed by atoms with Crippen molar-refractivity contribution in [2.75, 3.05) is 13.1 Å². The van der Waals surface area contributed by atoms with Gasteiger partial charge >= 0.3 is 0 Å². The maximum atomic E-state index is 5.61. The number of furan rings is 1. The van der Waals surface area contributed by atoms with Crippen molar-refractivity contribution in [3.8, 4) is 0 Å². The van der Waals surface area contributed by atoms with Crippen molar-refractivity contribution in [3.63, 3.8) is 0 Å². The van der Waals surface area contributed by atoms with Gasteiger partial charge in [-0.1, -0.05) is 6.92 Å². The van der Waals surface area contributed by atoms with Crippen LogP contribution in [0.2, 0.25) is 0 Å². The van der Waals surface area contributed by atoms with E-state index in [2.05, 4.69) is 23.2 Å². The van der Waals surface area contributed by atoms with E-state index in [1.165, 1.54) is 37.8 Å². The molecule has 0 amide bonds. The summed E-state index contributed by atoms with van der Waals surface area (Å²) in [5, 5.41) is 3.42. The number of likely N-dealkylation sites (tertiary alicyclic amines) is 1. The molecule has 0 aromatic carbocycles. The average molecular weight is 248 g/mol. The first-order valence-electron chi connectivity index (χ1n) is 7.37. The van der Waals surface area contributed by atoms with Gasteiger partial charge in [-0.3, -0.25) is 4.90 Å². The lowest BCUT2D eigenvalue weighted by atomic mass is 10.1. The third kappa shape index (κ3) is 2.47. The molecule has 2 heterocycles. The van der Waals surface area contributed by atoms with Gasteiger partial charge in [-0.15, -0.1) is 0 Å². The molecule has 18 heavy (non-hydrogen) atoms. The standard InChI is InChI=1S/C15H24N2O/c1-2-6-16-9-15-13(5-7-18-15)11-17-10-12-3-4-14(17)8-12/h5,7,12,14,16H,2-4,6,8-11H2,1H3.